The fraction of sp³-hybridized carbons (Fsp3) is 0.417. The fourth-order valence-corrected chi connectivity index (χ4v) is 2.74. The van der Waals surface area contributed by atoms with Gasteiger partial charge in [-0.05, 0) is 36.5 Å². The van der Waals surface area contributed by atoms with Gasteiger partial charge in [-0.2, -0.15) is 0 Å². The Bertz CT molecular complexity index is 426. The molecular formula is C12H12BrNO. The molecule has 0 aromatic heterocycles. The first-order valence-electron chi connectivity index (χ1n) is 5.33. The predicted octanol–water partition coefficient (Wildman–Crippen LogP) is 2.69. The summed E-state index contributed by atoms with van der Waals surface area (Å²) in [6, 6.07) is 6.06. The summed E-state index contributed by atoms with van der Waals surface area (Å²) in [4.78, 5) is 11.7. The first-order chi connectivity index (χ1) is 7.25. The highest BCUT2D eigenvalue weighted by atomic mass is 79.9. The molecule has 3 heteroatoms. The largest absolute Gasteiger partial charge is 0.351 e. The SMILES string of the molecule is O=C1NCC(C2CC2)c2ccc(Br)cc21. The van der Waals surface area contributed by atoms with Gasteiger partial charge in [0.15, 0.2) is 0 Å². The summed E-state index contributed by atoms with van der Waals surface area (Å²) in [7, 11) is 0. The summed E-state index contributed by atoms with van der Waals surface area (Å²) in [6.45, 7) is 0.818. The number of amides is 1. The topological polar surface area (TPSA) is 29.1 Å². The number of nitrogens with one attached hydrogen (secondary N) is 1. The van der Waals surface area contributed by atoms with Crippen LogP contribution in [0.5, 0.6) is 0 Å². The summed E-state index contributed by atoms with van der Waals surface area (Å²) < 4.78 is 0.979. The minimum absolute atomic E-state index is 0.0724. The zero-order valence-electron chi connectivity index (χ0n) is 8.29. The molecule has 0 saturated heterocycles. The van der Waals surface area contributed by atoms with E-state index in [0.717, 1.165) is 22.5 Å². The smallest absolute Gasteiger partial charge is 0.251 e. The molecule has 1 aromatic rings. The van der Waals surface area contributed by atoms with Crippen LogP contribution in [0.3, 0.4) is 0 Å². The van der Waals surface area contributed by atoms with Gasteiger partial charge < -0.3 is 5.32 Å². The molecule has 1 aromatic carbocycles. The van der Waals surface area contributed by atoms with Gasteiger partial charge >= 0.3 is 0 Å². The van der Waals surface area contributed by atoms with Crippen LogP contribution in [-0.4, -0.2) is 12.5 Å². The zero-order chi connectivity index (χ0) is 10.4. The van der Waals surface area contributed by atoms with E-state index in [1.165, 1.54) is 18.4 Å². The van der Waals surface area contributed by atoms with Gasteiger partial charge in [0, 0.05) is 22.5 Å². The first-order valence-corrected chi connectivity index (χ1v) is 6.12. The maximum absolute atomic E-state index is 11.7. The third kappa shape index (κ3) is 1.59. The number of hydrogen-bond acceptors (Lipinski definition) is 1. The molecule has 0 bridgehead atoms. The normalized spacial score (nSPS) is 24.6. The molecule has 2 nitrogen and oxygen atoms in total. The number of carbonyl (C=O) groups excluding carboxylic acids is 1. The molecule has 2 aliphatic rings. The van der Waals surface area contributed by atoms with Crippen LogP contribution in [0.2, 0.25) is 0 Å². The van der Waals surface area contributed by atoms with E-state index in [1.54, 1.807) is 0 Å². The number of benzene rings is 1. The van der Waals surface area contributed by atoms with Gasteiger partial charge in [0.25, 0.3) is 5.91 Å². The Labute approximate surface area is 97.2 Å². The molecule has 3 rings (SSSR count). The molecule has 0 radical (unpaired) electrons. The lowest BCUT2D eigenvalue weighted by Crippen LogP contribution is -2.35. The van der Waals surface area contributed by atoms with Crippen LogP contribution >= 0.6 is 15.9 Å². The molecule has 1 amide bonds. The van der Waals surface area contributed by atoms with Gasteiger partial charge in [-0.15, -0.1) is 0 Å². The molecule has 1 atom stereocenters. The number of halogens is 1. The van der Waals surface area contributed by atoms with Crippen molar-refractivity contribution in [3.8, 4) is 0 Å². The standard InChI is InChI=1S/C12H12BrNO/c13-8-3-4-9-10(5-8)12(15)14-6-11(9)7-1-2-7/h3-5,7,11H,1-2,6H2,(H,14,15). The second kappa shape index (κ2) is 3.34. The molecule has 1 aliphatic carbocycles. The van der Waals surface area contributed by atoms with Gasteiger partial charge in [0.2, 0.25) is 0 Å². The lowest BCUT2D eigenvalue weighted by atomic mass is 9.87. The minimum atomic E-state index is 0.0724. The Kier molecular flexibility index (Phi) is 2.09. The van der Waals surface area contributed by atoms with Gasteiger partial charge in [-0.25, -0.2) is 0 Å². The second-order valence-corrected chi connectivity index (χ2v) is 5.30. The Balaban J connectivity index is 2.08. The average Bonchev–Trinajstić information content (AvgIpc) is 3.03. The van der Waals surface area contributed by atoms with Crippen LogP contribution < -0.4 is 5.32 Å². The van der Waals surface area contributed by atoms with Crippen molar-refractivity contribution < 1.29 is 4.79 Å². The van der Waals surface area contributed by atoms with Crippen LogP contribution in [-0.2, 0) is 0 Å². The van der Waals surface area contributed by atoms with Crippen LogP contribution in [0.4, 0.5) is 0 Å². The maximum atomic E-state index is 11.7. The second-order valence-electron chi connectivity index (χ2n) is 4.39. The van der Waals surface area contributed by atoms with E-state index >= 15 is 0 Å². The summed E-state index contributed by atoms with van der Waals surface area (Å²) in [5.74, 6) is 1.42. The first kappa shape index (κ1) is 9.40. The number of hydrogen-bond donors (Lipinski definition) is 1. The van der Waals surface area contributed by atoms with Crippen molar-refractivity contribution >= 4 is 21.8 Å². The monoisotopic (exact) mass is 265 g/mol. The van der Waals surface area contributed by atoms with E-state index in [9.17, 15) is 4.79 Å². The quantitative estimate of drug-likeness (QED) is 0.831. The summed E-state index contributed by atoms with van der Waals surface area (Å²) in [6.07, 6.45) is 2.63. The number of fused-ring (bicyclic) bond motifs is 1. The van der Waals surface area contributed by atoms with Crippen molar-refractivity contribution in [3.63, 3.8) is 0 Å². The minimum Gasteiger partial charge on any atom is -0.351 e. The van der Waals surface area contributed by atoms with E-state index in [0.29, 0.717) is 5.92 Å². The van der Waals surface area contributed by atoms with Crippen LogP contribution in [0.25, 0.3) is 0 Å². The Morgan fingerprint density at radius 3 is 2.87 bits per heavy atom. The van der Waals surface area contributed by atoms with E-state index in [-0.39, 0.29) is 5.91 Å². The molecule has 78 valence electrons. The molecule has 1 N–H and O–H groups in total. The lowest BCUT2D eigenvalue weighted by molar-refractivity contribution is 0.0938. The van der Waals surface area contributed by atoms with Gasteiger partial charge in [0.05, 0.1) is 0 Å². The zero-order valence-corrected chi connectivity index (χ0v) is 9.88. The third-order valence-corrected chi connectivity index (χ3v) is 3.83. The highest BCUT2D eigenvalue weighted by Crippen LogP contribution is 2.44. The van der Waals surface area contributed by atoms with E-state index in [4.69, 9.17) is 0 Å². The highest BCUT2D eigenvalue weighted by Gasteiger charge is 2.36. The van der Waals surface area contributed by atoms with Crippen molar-refractivity contribution in [2.45, 2.75) is 18.8 Å². The van der Waals surface area contributed by atoms with Crippen molar-refractivity contribution in [2.75, 3.05) is 6.54 Å². The van der Waals surface area contributed by atoms with E-state index in [1.807, 2.05) is 12.1 Å². The Morgan fingerprint density at radius 1 is 1.33 bits per heavy atom. The summed E-state index contributed by atoms with van der Waals surface area (Å²) >= 11 is 3.41. The Hall–Kier alpha value is -0.830. The van der Waals surface area contributed by atoms with E-state index < -0.39 is 0 Å². The van der Waals surface area contributed by atoms with Crippen molar-refractivity contribution in [3.05, 3.63) is 33.8 Å². The molecule has 1 heterocycles. The Morgan fingerprint density at radius 2 is 2.13 bits per heavy atom. The maximum Gasteiger partial charge on any atom is 0.251 e. The highest BCUT2D eigenvalue weighted by molar-refractivity contribution is 9.10. The fourth-order valence-electron chi connectivity index (χ4n) is 2.38. The van der Waals surface area contributed by atoms with Crippen molar-refractivity contribution in [1.82, 2.24) is 5.32 Å². The lowest BCUT2D eigenvalue weighted by Gasteiger charge is -2.25. The molecule has 1 fully saturated rings. The summed E-state index contributed by atoms with van der Waals surface area (Å²) in [5.41, 5.74) is 2.09. The van der Waals surface area contributed by atoms with Crippen LogP contribution in [0.1, 0.15) is 34.7 Å². The van der Waals surface area contributed by atoms with E-state index in [2.05, 4.69) is 27.3 Å². The molecule has 15 heavy (non-hydrogen) atoms. The number of rotatable bonds is 1. The molecular weight excluding hydrogens is 254 g/mol. The average molecular weight is 266 g/mol. The number of carbonyl (C=O) groups is 1. The van der Waals surface area contributed by atoms with Gasteiger partial charge in [0.1, 0.15) is 0 Å². The summed E-state index contributed by atoms with van der Waals surface area (Å²) in [5, 5.41) is 2.98. The molecule has 1 aliphatic heterocycles. The molecule has 0 spiro atoms. The van der Waals surface area contributed by atoms with Gasteiger partial charge in [-0.3, -0.25) is 4.79 Å². The van der Waals surface area contributed by atoms with Gasteiger partial charge in [-0.1, -0.05) is 22.0 Å². The van der Waals surface area contributed by atoms with Crippen LogP contribution in [0.15, 0.2) is 22.7 Å². The van der Waals surface area contributed by atoms with Crippen molar-refractivity contribution in [2.24, 2.45) is 5.92 Å². The molecule has 1 unspecified atom stereocenters. The third-order valence-electron chi connectivity index (χ3n) is 3.33. The molecule has 1 saturated carbocycles. The predicted molar refractivity (Wildman–Crippen MR) is 61.9 cm³/mol. The van der Waals surface area contributed by atoms with Crippen LogP contribution in [0, 0.1) is 5.92 Å². The van der Waals surface area contributed by atoms with Crippen molar-refractivity contribution in [1.29, 1.82) is 0 Å².